The normalized spacial score (nSPS) is 11.8. The van der Waals surface area contributed by atoms with Gasteiger partial charge < -0.3 is 4.57 Å². The van der Waals surface area contributed by atoms with E-state index in [0.717, 1.165) is 61.7 Å². The zero-order valence-corrected chi connectivity index (χ0v) is 35.3. The number of para-hydroxylation sites is 2. The highest BCUT2D eigenvalue weighted by Gasteiger charge is 2.19. The lowest BCUT2D eigenvalue weighted by molar-refractivity contribution is 1.16. The lowest BCUT2D eigenvalue weighted by Gasteiger charge is -2.13. The molecule has 298 valence electrons. The standard InChI is InChI=1S/C59H36N4S/c1-2-15-40(16-3-1)59-61-50(36-51(62-59)42-18-12-19-43(34-42)63-53-25-9-6-21-45(53)46-22-7-10-26-54(46)63)39-30-28-37(29-31-39)41-32-33-48-52(35-41)60-57(47-24-13-17-38-14-4-5-20-44(38)47)58-56(48)49-23-8-11-27-55(49)64-58/h1-36H. The Labute approximate surface area is 373 Å². The van der Waals surface area contributed by atoms with E-state index in [4.69, 9.17) is 15.0 Å². The molecule has 13 rings (SSSR count). The molecule has 0 saturated carbocycles. The molecule has 9 aromatic carbocycles. The van der Waals surface area contributed by atoms with E-state index in [1.54, 1.807) is 0 Å². The fourth-order valence-electron chi connectivity index (χ4n) is 9.58. The minimum Gasteiger partial charge on any atom is -0.309 e. The van der Waals surface area contributed by atoms with Gasteiger partial charge in [-0.15, -0.1) is 11.3 Å². The van der Waals surface area contributed by atoms with Gasteiger partial charge in [0.15, 0.2) is 5.82 Å². The highest BCUT2D eigenvalue weighted by atomic mass is 32.1. The number of nitrogens with zero attached hydrogens (tertiary/aromatic N) is 4. The van der Waals surface area contributed by atoms with Gasteiger partial charge in [-0.2, -0.15) is 0 Å². The van der Waals surface area contributed by atoms with Gasteiger partial charge in [0.25, 0.3) is 0 Å². The van der Waals surface area contributed by atoms with Gasteiger partial charge in [-0.3, -0.25) is 0 Å². The predicted octanol–water partition coefficient (Wildman–Crippen LogP) is 16.0. The number of benzene rings is 9. The van der Waals surface area contributed by atoms with Crippen LogP contribution in [0.15, 0.2) is 218 Å². The summed E-state index contributed by atoms with van der Waals surface area (Å²) in [5.41, 5.74) is 13.6. The Morgan fingerprint density at radius 2 is 0.984 bits per heavy atom. The Morgan fingerprint density at radius 3 is 1.78 bits per heavy atom. The maximum absolute atomic E-state index is 5.49. The predicted molar refractivity (Wildman–Crippen MR) is 269 cm³/mol. The van der Waals surface area contributed by atoms with Gasteiger partial charge in [0.2, 0.25) is 0 Å². The molecule has 0 fully saturated rings. The van der Waals surface area contributed by atoms with E-state index in [1.807, 2.05) is 29.5 Å². The first kappa shape index (κ1) is 36.4. The van der Waals surface area contributed by atoms with E-state index in [0.29, 0.717) is 5.82 Å². The van der Waals surface area contributed by atoms with E-state index in [9.17, 15) is 0 Å². The van der Waals surface area contributed by atoms with Crippen molar-refractivity contribution in [2.75, 3.05) is 0 Å². The van der Waals surface area contributed by atoms with Gasteiger partial charge in [-0.1, -0.05) is 176 Å². The Morgan fingerprint density at radius 1 is 0.375 bits per heavy atom. The molecule has 0 bridgehead atoms. The third-order valence-electron chi connectivity index (χ3n) is 12.6. The number of fused-ring (bicyclic) bond motifs is 9. The van der Waals surface area contributed by atoms with Crippen LogP contribution in [0.1, 0.15) is 0 Å². The van der Waals surface area contributed by atoms with Crippen molar-refractivity contribution in [2.45, 2.75) is 0 Å². The minimum absolute atomic E-state index is 0.689. The lowest BCUT2D eigenvalue weighted by atomic mass is 9.97. The van der Waals surface area contributed by atoms with Gasteiger partial charge >= 0.3 is 0 Å². The summed E-state index contributed by atoms with van der Waals surface area (Å²) in [6, 6.07) is 77.7. The quantitative estimate of drug-likeness (QED) is 0.168. The SMILES string of the molecule is c1ccc(-c2nc(-c3ccc(-c4ccc5c(c4)nc(-c4cccc6ccccc46)c4sc6ccccc6c45)cc3)cc(-c3cccc(-n4c5ccccc5c5ccccc54)c3)n2)cc1. The first-order valence-electron chi connectivity index (χ1n) is 21.6. The molecule has 4 aromatic heterocycles. The summed E-state index contributed by atoms with van der Waals surface area (Å²) in [4.78, 5) is 15.9. The van der Waals surface area contributed by atoms with Crippen LogP contribution >= 0.6 is 11.3 Å². The summed E-state index contributed by atoms with van der Waals surface area (Å²) in [7, 11) is 0. The van der Waals surface area contributed by atoms with Crippen molar-refractivity contribution in [3.8, 4) is 62.0 Å². The summed E-state index contributed by atoms with van der Waals surface area (Å²) in [6.07, 6.45) is 0. The highest BCUT2D eigenvalue weighted by molar-refractivity contribution is 7.26. The van der Waals surface area contributed by atoms with Crippen LogP contribution in [-0.2, 0) is 0 Å². The molecule has 4 heterocycles. The topological polar surface area (TPSA) is 43.6 Å². The average Bonchev–Trinajstić information content (AvgIpc) is 3.93. The van der Waals surface area contributed by atoms with Crippen molar-refractivity contribution in [1.29, 1.82) is 0 Å². The van der Waals surface area contributed by atoms with Gasteiger partial charge in [0.05, 0.1) is 38.3 Å². The van der Waals surface area contributed by atoms with Crippen LogP contribution in [0.4, 0.5) is 0 Å². The molecule has 0 saturated heterocycles. The monoisotopic (exact) mass is 832 g/mol. The second-order valence-electron chi connectivity index (χ2n) is 16.3. The van der Waals surface area contributed by atoms with Crippen molar-refractivity contribution in [1.82, 2.24) is 19.5 Å². The number of thiophene rings is 1. The van der Waals surface area contributed by atoms with Crippen molar-refractivity contribution < 1.29 is 0 Å². The van der Waals surface area contributed by atoms with Crippen LogP contribution in [0.2, 0.25) is 0 Å². The summed E-state index contributed by atoms with van der Waals surface area (Å²) in [5.74, 6) is 0.689. The summed E-state index contributed by atoms with van der Waals surface area (Å²) >= 11 is 1.83. The van der Waals surface area contributed by atoms with Crippen molar-refractivity contribution in [3.05, 3.63) is 218 Å². The smallest absolute Gasteiger partial charge is 0.160 e. The largest absolute Gasteiger partial charge is 0.309 e. The molecule has 64 heavy (non-hydrogen) atoms. The highest BCUT2D eigenvalue weighted by Crippen LogP contribution is 2.45. The second kappa shape index (κ2) is 14.7. The molecule has 0 radical (unpaired) electrons. The number of rotatable bonds is 6. The summed E-state index contributed by atoms with van der Waals surface area (Å²) in [5, 5.41) is 8.60. The second-order valence-corrected chi connectivity index (χ2v) is 17.4. The molecule has 0 aliphatic rings. The van der Waals surface area contributed by atoms with Crippen molar-refractivity contribution in [3.63, 3.8) is 0 Å². The number of aromatic nitrogens is 4. The van der Waals surface area contributed by atoms with Crippen LogP contribution < -0.4 is 0 Å². The van der Waals surface area contributed by atoms with E-state index in [-0.39, 0.29) is 0 Å². The van der Waals surface area contributed by atoms with Crippen molar-refractivity contribution in [2.24, 2.45) is 0 Å². The van der Waals surface area contributed by atoms with Gasteiger partial charge in [0, 0.05) is 59.6 Å². The maximum atomic E-state index is 5.49. The Kier molecular flexibility index (Phi) is 8.36. The van der Waals surface area contributed by atoms with E-state index in [2.05, 4.69) is 205 Å². The molecule has 0 atom stereocenters. The Hall–Kier alpha value is -8.25. The zero-order chi connectivity index (χ0) is 42.1. The first-order valence-corrected chi connectivity index (χ1v) is 22.4. The molecule has 5 heteroatoms. The molecule has 0 unspecified atom stereocenters. The van der Waals surface area contributed by atoms with Gasteiger partial charge in [-0.05, 0) is 64.4 Å². The molecule has 4 nitrogen and oxygen atoms in total. The fraction of sp³-hybridized carbons (Fsp3) is 0. The summed E-state index contributed by atoms with van der Waals surface area (Å²) in [6.45, 7) is 0. The van der Waals surface area contributed by atoms with E-state index >= 15 is 0 Å². The Balaban J connectivity index is 0.920. The number of pyridine rings is 1. The van der Waals surface area contributed by atoms with Crippen LogP contribution in [-0.4, -0.2) is 19.5 Å². The average molecular weight is 833 g/mol. The van der Waals surface area contributed by atoms with Crippen molar-refractivity contribution >= 4 is 75.0 Å². The van der Waals surface area contributed by atoms with E-state index < -0.39 is 0 Å². The van der Waals surface area contributed by atoms with Crippen LogP contribution in [0, 0.1) is 0 Å². The van der Waals surface area contributed by atoms with Crippen LogP contribution in [0.25, 0.3) is 126 Å². The third kappa shape index (κ3) is 5.93. The zero-order valence-electron chi connectivity index (χ0n) is 34.5. The molecule has 0 aliphatic heterocycles. The van der Waals surface area contributed by atoms with Crippen LogP contribution in [0.3, 0.4) is 0 Å². The molecule has 0 N–H and O–H groups in total. The fourth-order valence-corrected chi connectivity index (χ4v) is 10.8. The lowest BCUT2D eigenvalue weighted by Crippen LogP contribution is -1.98. The number of hydrogen-bond acceptors (Lipinski definition) is 4. The van der Waals surface area contributed by atoms with Gasteiger partial charge in [-0.25, -0.2) is 15.0 Å². The van der Waals surface area contributed by atoms with E-state index in [1.165, 1.54) is 58.1 Å². The molecular weight excluding hydrogens is 797 g/mol. The van der Waals surface area contributed by atoms with Crippen LogP contribution in [0.5, 0.6) is 0 Å². The molecule has 0 spiro atoms. The van der Waals surface area contributed by atoms with Gasteiger partial charge in [0.1, 0.15) is 0 Å². The Bertz CT molecular complexity index is 3900. The number of hydrogen-bond donors (Lipinski definition) is 0. The molecule has 13 aromatic rings. The summed E-state index contributed by atoms with van der Waals surface area (Å²) < 4.78 is 4.84. The third-order valence-corrected chi connectivity index (χ3v) is 13.8. The first-order chi connectivity index (χ1) is 31.7. The maximum Gasteiger partial charge on any atom is 0.160 e. The molecule has 0 amide bonds. The minimum atomic E-state index is 0.689. The molecule has 0 aliphatic carbocycles. The molecular formula is C59H36N4S.